The van der Waals surface area contributed by atoms with E-state index >= 15 is 0 Å². The van der Waals surface area contributed by atoms with Crippen molar-refractivity contribution < 1.29 is 0 Å². The Morgan fingerprint density at radius 1 is 0.690 bits per heavy atom. The van der Waals surface area contributed by atoms with Gasteiger partial charge in [-0.2, -0.15) is 0 Å². The van der Waals surface area contributed by atoms with Crippen LogP contribution in [0.5, 0.6) is 0 Å². The van der Waals surface area contributed by atoms with Crippen LogP contribution in [0.25, 0.3) is 0 Å². The van der Waals surface area contributed by atoms with E-state index < -0.39 is 8.56 Å². The van der Waals surface area contributed by atoms with Gasteiger partial charge in [-0.15, -0.1) is 0 Å². The van der Waals surface area contributed by atoms with Crippen LogP contribution in [-0.4, -0.2) is 146 Å². The van der Waals surface area contributed by atoms with E-state index in [9.17, 15) is 0 Å². The Labute approximate surface area is 183 Å². The van der Waals surface area contributed by atoms with Gasteiger partial charge in [-0.25, -0.2) is 0 Å². The Kier molecular flexibility index (Phi) is 8.94. The van der Waals surface area contributed by atoms with Gasteiger partial charge in [-0.3, -0.25) is 13.7 Å². The molecule has 3 saturated heterocycles. The molecule has 3 aliphatic rings. The lowest BCUT2D eigenvalue weighted by Crippen LogP contribution is -2.80. The molecule has 0 saturated carbocycles. The van der Waals surface area contributed by atoms with E-state index in [1.54, 1.807) is 5.20 Å². The number of likely N-dealkylation sites (N-methyl/N-ethyl adjacent to an activating group) is 3. The predicted molar refractivity (Wildman–Crippen MR) is 131 cm³/mol. The summed E-state index contributed by atoms with van der Waals surface area (Å²) in [6.07, 6.45) is 2.37. The van der Waals surface area contributed by atoms with Crippen LogP contribution in [0.1, 0.15) is 13.8 Å². The summed E-state index contributed by atoms with van der Waals surface area (Å²) < 4.78 is 9.09. The summed E-state index contributed by atoms with van der Waals surface area (Å²) in [6.45, 7) is 19.6. The van der Waals surface area contributed by atoms with Crippen molar-refractivity contribution in [3.8, 4) is 0 Å². The summed E-state index contributed by atoms with van der Waals surface area (Å²) in [4.78, 5) is 7.59. The van der Waals surface area contributed by atoms with Crippen molar-refractivity contribution in [1.29, 1.82) is 0 Å². The molecule has 3 aliphatic heterocycles. The average molecular weight is 439 g/mol. The maximum absolute atomic E-state index is 3.03. The maximum Gasteiger partial charge on any atom is 0.289 e. The molecule has 0 unspecified atom stereocenters. The SMILES string of the molecule is CC=C(C)[SiH2]CC[Si](N1CCN(C)CC1)(N1CCN(C)CC1)N1CCN(C)CC1. The van der Waals surface area contributed by atoms with E-state index in [-0.39, 0.29) is 9.52 Å². The second kappa shape index (κ2) is 11.0. The average Bonchev–Trinajstić information content (AvgIpc) is 2.73. The molecule has 6 nitrogen and oxygen atoms in total. The first-order chi connectivity index (χ1) is 14.0. The molecule has 0 N–H and O–H groups in total. The Morgan fingerprint density at radius 2 is 1.03 bits per heavy atom. The molecule has 3 heterocycles. The van der Waals surface area contributed by atoms with Gasteiger partial charge in [0.15, 0.2) is 0 Å². The lowest BCUT2D eigenvalue weighted by atomic mass is 10.4. The quantitative estimate of drug-likeness (QED) is 0.525. The highest BCUT2D eigenvalue weighted by Gasteiger charge is 2.52. The molecule has 168 valence electrons. The minimum Gasteiger partial charge on any atom is -0.304 e. The molecule has 0 spiro atoms. The minimum absolute atomic E-state index is 0.0975. The molecule has 0 aromatic carbocycles. The second-order valence-electron chi connectivity index (χ2n) is 9.63. The third-order valence-electron chi connectivity index (χ3n) is 7.61. The molecule has 3 rings (SSSR count). The lowest BCUT2D eigenvalue weighted by Gasteiger charge is -2.58. The van der Waals surface area contributed by atoms with Crippen molar-refractivity contribution in [2.45, 2.75) is 25.9 Å². The van der Waals surface area contributed by atoms with Crippen LogP contribution >= 0.6 is 0 Å². The molecule has 0 aromatic heterocycles. The van der Waals surface area contributed by atoms with Crippen LogP contribution in [0, 0.1) is 0 Å². The van der Waals surface area contributed by atoms with Gasteiger partial charge in [0.25, 0.3) is 8.56 Å². The van der Waals surface area contributed by atoms with Crippen molar-refractivity contribution in [2.75, 3.05) is 99.7 Å². The molecule has 0 atom stereocenters. The predicted octanol–water partition coefficient (Wildman–Crippen LogP) is 0.178. The third kappa shape index (κ3) is 5.80. The van der Waals surface area contributed by atoms with Gasteiger partial charge in [0, 0.05) is 88.1 Å². The molecule has 0 radical (unpaired) electrons. The number of piperazine rings is 3. The van der Waals surface area contributed by atoms with Crippen LogP contribution in [-0.2, 0) is 0 Å². The molecule has 29 heavy (non-hydrogen) atoms. The van der Waals surface area contributed by atoms with Crippen LogP contribution in [0.15, 0.2) is 11.3 Å². The van der Waals surface area contributed by atoms with Crippen molar-refractivity contribution >= 4 is 18.1 Å². The zero-order valence-electron chi connectivity index (χ0n) is 19.9. The van der Waals surface area contributed by atoms with Gasteiger partial charge in [-0.05, 0) is 41.0 Å². The molecule has 3 fully saturated rings. The third-order valence-corrected chi connectivity index (χ3v) is 15.6. The van der Waals surface area contributed by atoms with Crippen molar-refractivity contribution in [3.63, 3.8) is 0 Å². The number of hydrogen-bond acceptors (Lipinski definition) is 6. The molecular weight excluding hydrogens is 392 g/mol. The highest BCUT2D eigenvalue weighted by molar-refractivity contribution is 6.73. The van der Waals surface area contributed by atoms with E-state index in [0.29, 0.717) is 0 Å². The van der Waals surface area contributed by atoms with Gasteiger partial charge in [-0.1, -0.05) is 17.3 Å². The summed E-state index contributed by atoms with van der Waals surface area (Å²) in [6, 6.07) is 2.94. The largest absolute Gasteiger partial charge is 0.304 e. The summed E-state index contributed by atoms with van der Waals surface area (Å²) in [5.41, 5.74) is 0. The van der Waals surface area contributed by atoms with E-state index in [1.807, 2.05) is 0 Å². The normalized spacial score (nSPS) is 26.7. The highest BCUT2D eigenvalue weighted by Crippen LogP contribution is 2.30. The first-order valence-electron chi connectivity index (χ1n) is 11.9. The summed E-state index contributed by atoms with van der Waals surface area (Å²) in [5.74, 6) is 0. The monoisotopic (exact) mass is 438 g/mol. The Bertz CT molecular complexity index is 466. The van der Waals surface area contributed by atoms with Crippen molar-refractivity contribution in [1.82, 2.24) is 28.4 Å². The zero-order valence-corrected chi connectivity index (χ0v) is 22.3. The topological polar surface area (TPSA) is 19.4 Å². The van der Waals surface area contributed by atoms with Gasteiger partial charge in [0.1, 0.15) is 0 Å². The number of nitrogens with zero attached hydrogens (tertiary/aromatic N) is 6. The summed E-state index contributed by atoms with van der Waals surface area (Å²) >= 11 is 0. The molecule has 0 aromatic rings. The number of rotatable bonds is 7. The molecule has 0 amide bonds. The van der Waals surface area contributed by atoms with Gasteiger partial charge in [0.05, 0.1) is 0 Å². The fourth-order valence-corrected chi connectivity index (χ4v) is 13.7. The summed E-state index contributed by atoms with van der Waals surface area (Å²) in [5, 5.41) is 1.70. The second-order valence-corrected chi connectivity index (χ2v) is 15.9. The smallest absolute Gasteiger partial charge is 0.289 e. The Balaban J connectivity index is 1.87. The highest BCUT2D eigenvalue weighted by atomic mass is 28.4. The van der Waals surface area contributed by atoms with Gasteiger partial charge < -0.3 is 14.7 Å². The van der Waals surface area contributed by atoms with Crippen LogP contribution in [0.4, 0.5) is 0 Å². The van der Waals surface area contributed by atoms with E-state index in [2.05, 4.69) is 69.5 Å². The first-order valence-corrected chi connectivity index (χ1v) is 15.6. The number of hydrogen-bond donors (Lipinski definition) is 0. The molecule has 0 aliphatic carbocycles. The van der Waals surface area contributed by atoms with E-state index in [4.69, 9.17) is 0 Å². The van der Waals surface area contributed by atoms with Crippen LogP contribution in [0.3, 0.4) is 0 Å². The first kappa shape index (κ1) is 23.6. The Hall–Kier alpha value is -0.0662. The van der Waals surface area contributed by atoms with Gasteiger partial charge in [0.2, 0.25) is 0 Å². The molecular formula is C21H46N6Si2. The zero-order chi connectivity index (χ0) is 20.9. The van der Waals surface area contributed by atoms with Gasteiger partial charge >= 0.3 is 0 Å². The maximum atomic E-state index is 3.03. The van der Waals surface area contributed by atoms with E-state index in [0.717, 1.165) is 0 Å². The standard InChI is InChI=1S/C21H46N6Si2/c1-6-21(2)28-19-20-29(25-13-7-22(3)8-14-25,26-15-9-23(4)10-16-26)27-17-11-24(5)12-18-27/h6H,7-20,28H2,1-5H3. The molecule has 8 heteroatoms. The summed E-state index contributed by atoms with van der Waals surface area (Å²) in [7, 11) is 4.97. The fourth-order valence-electron chi connectivity index (χ4n) is 5.32. The van der Waals surface area contributed by atoms with E-state index in [1.165, 1.54) is 90.6 Å². The number of allylic oxidation sites excluding steroid dienone is 2. The fraction of sp³-hybridized carbons (Fsp3) is 0.905. The van der Waals surface area contributed by atoms with Crippen LogP contribution in [0.2, 0.25) is 12.1 Å². The molecule has 0 bridgehead atoms. The van der Waals surface area contributed by atoms with Crippen molar-refractivity contribution in [2.24, 2.45) is 0 Å². The lowest BCUT2D eigenvalue weighted by molar-refractivity contribution is 0.121. The van der Waals surface area contributed by atoms with Crippen molar-refractivity contribution in [3.05, 3.63) is 11.3 Å². The minimum atomic E-state index is -1.83. The van der Waals surface area contributed by atoms with Crippen LogP contribution < -0.4 is 0 Å². The Morgan fingerprint density at radius 3 is 1.34 bits per heavy atom.